The molecule has 0 bridgehead atoms. The molecule has 8 heteroatoms. The summed E-state index contributed by atoms with van der Waals surface area (Å²) >= 11 is 1.27. The third-order valence-corrected chi connectivity index (χ3v) is 12.0. The lowest BCUT2D eigenvalue weighted by Gasteiger charge is -2.49. The molecule has 152 valence electrons. The molecule has 0 aliphatic carbocycles. The van der Waals surface area contributed by atoms with Gasteiger partial charge in [0, 0.05) is 12.2 Å². The number of β-lactam (4-membered cyclic amide) rings is 1. The smallest absolute Gasteiger partial charge is 0.332 e. The van der Waals surface area contributed by atoms with Crippen LogP contribution in [0.25, 0.3) is 0 Å². The van der Waals surface area contributed by atoms with Gasteiger partial charge in [-0.05, 0) is 25.1 Å². The fraction of sp³-hybridized carbons (Fsp3) is 0.737. The van der Waals surface area contributed by atoms with Gasteiger partial charge in [-0.25, -0.2) is 4.79 Å². The average molecular weight is 414 g/mol. The lowest BCUT2D eigenvalue weighted by atomic mass is 9.75. The second kappa shape index (κ2) is 7.71. The minimum atomic E-state index is -2.10. The van der Waals surface area contributed by atoms with Gasteiger partial charge >= 0.3 is 5.97 Å². The number of carbonyl (C=O) groups excluding carboxylic acids is 3. The van der Waals surface area contributed by atoms with Crippen molar-refractivity contribution >= 4 is 37.7 Å². The quantitative estimate of drug-likeness (QED) is 0.227. The number of hydrogen-bond acceptors (Lipinski definition) is 6. The standard InChI is InChI=1S/C19H31NO5SSi/c1-8-10-24-17(23)19(13(21)9-11-26-19)15-14(16(22)20-15)12(2)25-27(6,7)18(3,4)5/h8,12,14-15H,1,9-11H2,2-7H3,(H,20,22)/t12-,14-,15+,19?/m1/s1. The first-order chi connectivity index (χ1) is 12.4. The van der Waals surface area contributed by atoms with Crippen LogP contribution in [0.2, 0.25) is 18.1 Å². The van der Waals surface area contributed by atoms with Crippen LogP contribution in [-0.2, 0) is 23.5 Å². The van der Waals surface area contributed by atoms with Gasteiger partial charge in [0.05, 0.1) is 18.1 Å². The summed E-state index contributed by atoms with van der Waals surface area (Å²) in [7, 11) is -2.10. The van der Waals surface area contributed by atoms with E-state index in [0.717, 1.165) is 0 Å². The molecule has 0 aromatic rings. The molecule has 0 radical (unpaired) electrons. The Morgan fingerprint density at radius 2 is 2.07 bits per heavy atom. The Hall–Kier alpha value is -1.12. The van der Waals surface area contributed by atoms with Crippen LogP contribution in [-0.4, -0.2) is 55.2 Å². The molecule has 2 aliphatic heterocycles. The number of esters is 1. The molecule has 2 rings (SSSR count). The van der Waals surface area contributed by atoms with E-state index in [1.807, 2.05) is 6.92 Å². The first-order valence-electron chi connectivity index (χ1n) is 9.32. The third kappa shape index (κ3) is 3.89. The van der Waals surface area contributed by atoms with Crippen molar-refractivity contribution in [3.05, 3.63) is 12.7 Å². The first-order valence-corrected chi connectivity index (χ1v) is 13.2. The molecule has 4 atom stereocenters. The Kier molecular flexibility index (Phi) is 6.33. The van der Waals surface area contributed by atoms with Crippen LogP contribution in [0.1, 0.15) is 34.1 Å². The zero-order valence-electron chi connectivity index (χ0n) is 17.1. The fourth-order valence-electron chi connectivity index (χ4n) is 3.32. The Labute approximate surface area is 166 Å². The molecule has 6 nitrogen and oxygen atoms in total. The minimum absolute atomic E-state index is 0.00448. The fourth-order valence-corrected chi connectivity index (χ4v) is 6.19. The van der Waals surface area contributed by atoms with E-state index >= 15 is 0 Å². The summed E-state index contributed by atoms with van der Waals surface area (Å²) in [5.41, 5.74) is 0. The molecule has 0 aromatic heterocycles. The number of rotatable bonds is 7. The first kappa shape index (κ1) is 22.2. The average Bonchev–Trinajstić information content (AvgIpc) is 2.90. The number of ketones is 1. The molecular weight excluding hydrogens is 382 g/mol. The monoisotopic (exact) mass is 413 g/mol. The third-order valence-electron chi connectivity index (χ3n) is 5.90. The van der Waals surface area contributed by atoms with Crippen molar-refractivity contribution in [2.45, 2.75) is 69.1 Å². The lowest BCUT2D eigenvalue weighted by molar-refractivity contribution is -0.155. The van der Waals surface area contributed by atoms with Crippen molar-refractivity contribution in [3.8, 4) is 0 Å². The van der Waals surface area contributed by atoms with E-state index in [1.165, 1.54) is 17.8 Å². The second-order valence-corrected chi connectivity index (χ2v) is 14.8. The topological polar surface area (TPSA) is 81.7 Å². The molecule has 1 unspecified atom stereocenters. The maximum atomic E-state index is 12.8. The highest BCUT2D eigenvalue weighted by Gasteiger charge is 2.65. The van der Waals surface area contributed by atoms with E-state index in [0.29, 0.717) is 12.2 Å². The highest BCUT2D eigenvalue weighted by molar-refractivity contribution is 8.02. The molecule has 2 saturated heterocycles. The maximum absolute atomic E-state index is 12.8. The number of thioether (sulfide) groups is 1. The van der Waals surface area contributed by atoms with Crippen LogP contribution in [0.3, 0.4) is 0 Å². The second-order valence-electron chi connectivity index (χ2n) is 8.74. The Morgan fingerprint density at radius 3 is 2.52 bits per heavy atom. The van der Waals surface area contributed by atoms with Crippen molar-refractivity contribution in [2.24, 2.45) is 5.92 Å². The number of carbonyl (C=O) groups is 3. The predicted molar refractivity (Wildman–Crippen MR) is 109 cm³/mol. The van der Waals surface area contributed by atoms with Gasteiger partial charge in [-0.3, -0.25) is 9.59 Å². The number of hydrogen-bond donors (Lipinski definition) is 1. The Morgan fingerprint density at radius 1 is 1.44 bits per heavy atom. The lowest BCUT2D eigenvalue weighted by Crippen LogP contribution is -2.74. The van der Waals surface area contributed by atoms with Crippen molar-refractivity contribution in [2.75, 3.05) is 12.4 Å². The summed E-state index contributed by atoms with van der Waals surface area (Å²) in [6.45, 7) is 16.1. The van der Waals surface area contributed by atoms with E-state index in [-0.39, 0.29) is 29.4 Å². The van der Waals surface area contributed by atoms with Crippen molar-refractivity contribution in [1.82, 2.24) is 5.32 Å². The van der Waals surface area contributed by atoms with E-state index < -0.39 is 31.0 Å². The van der Waals surface area contributed by atoms with Crippen molar-refractivity contribution < 1.29 is 23.5 Å². The van der Waals surface area contributed by atoms with Gasteiger partial charge < -0.3 is 14.5 Å². The maximum Gasteiger partial charge on any atom is 0.332 e. The van der Waals surface area contributed by atoms with Gasteiger partial charge in [0.1, 0.15) is 6.61 Å². The van der Waals surface area contributed by atoms with E-state index in [2.05, 4.69) is 45.8 Å². The molecule has 2 heterocycles. The van der Waals surface area contributed by atoms with E-state index in [4.69, 9.17) is 9.16 Å². The summed E-state index contributed by atoms with van der Waals surface area (Å²) in [5.74, 6) is -0.966. The predicted octanol–water partition coefficient (Wildman–Crippen LogP) is 2.69. The SMILES string of the molecule is C=CCOC(=O)C1([C@H]2NC(=O)[C@@H]2[C@@H](C)O[Si](C)(C)C(C)(C)C)SCCC1=O. The zero-order chi connectivity index (χ0) is 20.6. The molecule has 2 aliphatic rings. The highest BCUT2D eigenvalue weighted by atomic mass is 32.2. The number of amides is 1. The summed E-state index contributed by atoms with van der Waals surface area (Å²) in [4.78, 5) is 37.9. The molecular formula is C19H31NO5SSi. The molecule has 0 spiro atoms. The molecule has 0 saturated carbocycles. The van der Waals surface area contributed by atoms with E-state index in [9.17, 15) is 14.4 Å². The summed E-state index contributed by atoms with van der Waals surface area (Å²) in [5, 5.41) is 2.79. The molecule has 2 fully saturated rings. The molecule has 0 aromatic carbocycles. The molecule has 27 heavy (non-hydrogen) atoms. The number of Topliss-reactive ketones (excluding diaryl/α,β-unsaturated/α-hetero) is 1. The summed E-state index contributed by atoms with van der Waals surface area (Å²) in [6, 6.07) is -0.609. The van der Waals surface area contributed by atoms with Gasteiger partial charge in [-0.2, -0.15) is 0 Å². The van der Waals surface area contributed by atoms with Crippen molar-refractivity contribution in [1.29, 1.82) is 0 Å². The van der Waals surface area contributed by atoms with Crippen LogP contribution < -0.4 is 5.32 Å². The largest absolute Gasteiger partial charge is 0.460 e. The Balaban J connectivity index is 2.27. The van der Waals surface area contributed by atoms with Crippen LogP contribution in [0.15, 0.2) is 12.7 Å². The van der Waals surface area contributed by atoms with Gasteiger partial charge in [-0.15, -0.1) is 11.8 Å². The van der Waals surface area contributed by atoms with Crippen LogP contribution in [0.4, 0.5) is 0 Å². The van der Waals surface area contributed by atoms with Crippen LogP contribution in [0, 0.1) is 5.92 Å². The van der Waals surface area contributed by atoms with Crippen LogP contribution in [0.5, 0.6) is 0 Å². The molecule has 1 amide bonds. The number of nitrogens with one attached hydrogen (secondary N) is 1. The summed E-state index contributed by atoms with van der Waals surface area (Å²) < 4.78 is 10.3. The van der Waals surface area contributed by atoms with Gasteiger partial charge in [0.15, 0.2) is 18.8 Å². The van der Waals surface area contributed by atoms with Gasteiger partial charge in [0.25, 0.3) is 0 Å². The van der Waals surface area contributed by atoms with Gasteiger partial charge in [-0.1, -0.05) is 33.4 Å². The van der Waals surface area contributed by atoms with E-state index in [1.54, 1.807) is 0 Å². The van der Waals surface area contributed by atoms with Crippen molar-refractivity contribution in [3.63, 3.8) is 0 Å². The summed E-state index contributed by atoms with van der Waals surface area (Å²) in [6.07, 6.45) is 1.38. The highest BCUT2D eigenvalue weighted by Crippen LogP contribution is 2.46. The minimum Gasteiger partial charge on any atom is -0.460 e. The normalized spacial score (nSPS) is 29.7. The Bertz CT molecular complexity index is 645. The number of ether oxygens (including phenoxy) is 1. The van der Waals surface area contributed by atoms with Gasteiger partial charge in [0.2, 0.25) is 5.91 Å². The van der Waals surface area contributed by atoms with Crippen LogP contribution >= 0.6 is 11.8 Å². The molecule has 1 N–H and O–H groups in total. The zero-order valence-corrected chi connectivity index (χ0v) is 18.9.